The minimum absolute atomic E-state index is 0.333. The van der Waals surface area contributed by atoms with E-state index >= 15 is 0 Å². The topological polar surface area (TPSA) is 60.2 Å². The Labute approximate surface area is 113 Å². The van der Waals surface area contributed by atoms with Gasteiger partial charge in [-0.25, -0.2) is 0 Å². The fraction of sp³-hybridized carbons (Fsp3) is 0.538. The monoisotopic (exact) mass is 265 g/mol. The molecule has 1 aliphatic rings. The van der Waals surface area contributed by atoms with Crippen molar-refractivity contribution < 1.29 is 4.74 Å². The Morgan fingerprint density at radius 1 is 1.61 bits per heavy atom. The molecule has 5 heteroatoms. The summed E-state index contributed by atoms with van der Waals surface area (Å²) in [6, 6.07) is 3.84. The van der Waals surface area contributed by atoms with E-state index in [1.165, 1.54) is 12.8 Å². The van der Waals surface area contributed by atoms with E-state index in [0.717, 1.165) is 25.3 Å². The van der Waals surface area contributed by atoms with Gasteiger partial charge in [-0.15, -0.1) is 0 Å². The maximum Gasteiger partial charge on any atom is 0.122 e. The summed E-state index contributed by atoms with van der Waals surface area (Å²) in [5.41, 5.74) is 7.67. The zero-order valence-electron chi connectivity index (χ0n) is 10.6. The van der Waals surface area contributed by atoms with Gasteiger partial charge in [-0.3, -0.25) is 4.98 Å². The molecule has 1 heterocycles. The van der Waals surface area contributed by atoms with Crippen LogP contribution in [0.2, 0.25) is 0 Å². The minimum Gasteiger partial charge on any atom is -0.388 e. The highest BCUT2D eigenvalue weighted by molar-refractivity contribution is 7.80. The van der Waals surface area contributed by atoms with Gasteiger partial charge in [0.2, 0.25) is 0 Å². The van der Waals surface area contributed by atoms with Crippen LogP contribution in [0.25, 0.3) is 0 Å². The van der Waals surface area contributed by atoms with E-state index < -0.39 is 0 Å². The summed E-state index contributed by atoms with van der Waals surface area (Å²) >= 11 is 4.92. The zero-order valence-corrected chi connectivity index (χ0v) is 11.4. The summed E-state index contributed by atoms with van der Waals surface area (Å²) in [6.45, 7) is 1.80. The molecule has 1 fully saturated rings. The van der Waals surface area contributed by atoms with Gasteiger partial charge in [0.1, 0.15) is 4.99 Å². The number of nitrogens with two attached hydrogens (primary N) is 1. The van der Waals surface area contributed by atoms with Crippen LogP contribution in [0, 0.1) is 5.41 Å². The van der Waals surface area contributed by atoms with Crippen LogP contribution >= 0.6 is 12.2 Å². The third-order valence-corrected chi connectivity index (χ3v) is 3.68. The first kappa shape index (κ1) is 13.2. The summed E-state index contributed by atoms with van der Waals surface area (Å²) < 4.78 is 5.15. The summed E-state index contributed by atoms with van der Waals surface area (Å²) in [5.74, 6) is 0. The van der Waals surface area contributed by atoms with Crippen molar-refractivity contribution in [3.05, 3.63) is 24.0 Å². The molecule has 3 N–H and O–H groups in total. The number of nitrogens with zero attached hydrogens (tertiary/aromatic N) is 1. The van der Waals surface area contributed by atoms with Crippen molar-refractivity contribution in [1.29, 1.82) is 0 Å². The van der Waals surface area contributed by atoms with E-state index in [4.69, 9.17) is 22.7 Å². The first-order valence-electron chi connectivity index (χ1n) is 6.14. The number of hydrogen-bond donors (Lipinski definition) is 2. The molecule has 0 unspecified atom stereocenters. The van der Waals surface area contributed by atoms with Crippen LogP contribution in [0.4, 0.5) is 5.69 Å². The molecule has 1 aromatic heterocycles. The molecule has 0 radical (unpaired) electrons. The molecule has 0 saturated heterocycles. The fourth-order valence-electron chi connectivity index (χ4n) is 1.98. The van der Waals surface area contributed by atoms with Gasteiger partial charge in [0, 0.05) is 32.1 Å². The molecule has 0 aromatic carbocycles. The zero-order chi connectivity index (χ0) is 13.0. The number of hydrogen-bond acceptors (Lipinski definition) is 4. The number of nitrogens with one attached hydrogen (secondary N) is 1. The second-order valence-corrected chi connectivity index (χ2v) is 5.33. The van der Waals surface area contributed by atoms with Gasteiger partial charge in [0.05, 0.1) is 5.69 Å². The third-order valence-electron chi connectivity index (χ3n) is 3.47. The van der Waals surface area contributed by atoms with Gasteiger partial charge >= 0.3 is 0 Å². The lowest BCUT2D eigenvalue weighted by molar-refractivity contribution is 0.175. The maximum absolute atomic E-state index is 5.57. The average molecular weight is 265 g/mol. The normalized spacial score (nSPS) is 16.3. The lowest BCUT2D eigenvalue weighted by Crippen LogP contribution is -2.18. The number of anilines is 1. The molecule has 1 saturated carbocycles. The predicted molar refractivity (Wildman–Crippen MR) is 76.8 cm³/mol. The maximum atomic E-state index is 5.57. The lowest BCUT2D eigenvalue weighted by atomic mass is 10.0. The Morgan fingerprint density at radius 3 is 3.00 bits per heavy atom. The fourth-order valence-corrected chi connectivity index (χ4v) is 2.09. The highest BCUT2D eigenvalue weighted by Crippen LogP contribution is 2.48. The second kappa shape index (κ2) is 5.63. The largest absolute Gasteiger partial charge is 0.388 e. The van der Waals surface area contributed by atoms with Gasteiger partial charge in [-0.1, -0.05) is 12.2 Å². The van der Waals surface area contributed by atoms with Crippen molar-refractivity contribution in [3.8, 4) is 0 Å². The molecular weight excluding hydrogens is 246 g/mol. The Balaban J connectivity index is 1.90. The van der Waals surface area contributed by atoms with Crippen LogP contribution in [-0.4, -0.2) is 30.2 Å². The number of rotatable bonds is 7. The number of aromatic nitrogens is 1. The molecule has 0 spiro atoms. The van der Waals surface area contributed by atoms with Gasteiger partial charge in [-0.2, -0.15) is 0 Å². The number of pyridine rings is 1. The van der Waals surface area contributed by atoms with E-state index in [0.29, 0.717) is 16.1 Å². The van der Waals surface area contributed by atoms with Crippen LogP contribution < -0.4 is 11.1 Å². The third kappa shape index (κ3) is 3.40. The molecule has 0 bridgehead atoms. The van der Waals surface area contributed by atoms with Crippen molar-refractivity contribution >= 4 is 22.9 Å². The quantitative estimate of drug-likeness (QED) is 0.738. The molecule has 0 amide bonds. The van der Waals surface area contributed by atoms with Crippen LogP contribution in [-0.2, 0) is 4.74 Å². The number of methoxy groups -OCH3 is 1. The molecular formula is C13H19N3OS. The second-order valence-electron chi connectivity index (χ2n) is 4.89. The van der Waals surface area contributed by atoms with Crippen molar-refractivity contribution in [2.24, 2.45) is 11.1 Å². The van der Waals surface area contributed by atoms with Crippen LogP contribution in [0.5, 0.6) is 0 Å². The summed E-state index contributed by atoms with van der Waals surface area (Å²) in [6.07, 6.45) is 5.39. The van der Waals surface area contributed by atoms with Crippen molar-refractivity contribution in [1.82, 2.24) is 4.98 Å². The van der Waals surface area contributed by atoms with Gasteiger partial charge in [0.15, 0.2) is 0 Å². The lowest BCUT2D eigenvalue weighted by Gasteiger charge is -2.16. The van der Waals surface area contributed by atoms with E-state index in [-0.39, 0.29) is 0 Å². The standard InChI is InChI=1S/C13H19N3OS/c1-17-7-5-13(3-4-13)9-16-10-2-6-15-11(8-10)12(14)18/h2,6,8H,3-5,7,9H2,1H3,(H2,14,18)(H,15,16). The molecule has 4 nitrogen and oxygen atoms in total. The van der Waals surface area contributed by atoms with Crippen molar-refractivity contribution in [3.63, 3.8) is 0 Å². The SMILES string of the molecule is COCCC1(CNc2ccnc(C(N)=S)c2)CC1. The van der Waals surface area contributed by atoms with Crippen LogP contribution in [0.15, 0.2) is 18.3 Å². The first-order valence-corrected chi connectivity index (χ1v) is 6.55. The van der Waals surface area contributed by atoms with E-state index in [2.05, 4.69) is 10.3 Å². The van der Waals surface area contributed by atoms with Crippen molar-refractivity contribution in [2.45, 2.75) is 19.3 Å². The number of ether oxygens (including phenoxy) is 1. The number of thiocarbonyl (C=S) groups is 1. The molecule has 1 aliphatic carbocycles. The Bertz CT molecular complexity index is 432. The smallest absolute Gasteiger partial charge is 0.122 e. The highest BCUT2D eigenvalue weighted by Gasteiger charge is 2.41. The predicted octanol–water partition coefficient (Wildman–Crippen LogP) is 1.94. The molecule has 0 atom stereocenters. The summed E-state index contributed by atoms with van der Waals surface area (Å²) in [4.78, 5) is 4.45. The summed E-state index contributed by atoms with van der Waals surface area (Å²) in [7, 11) is 1.75. The first-order chi connectivity index (χ1) is 8.65. The molecule has 2 rings (SSSR count). The summed E-state index contributed by atoms with van der Waals surface area (Å²) in [5, 5.41) is 3.44. The van der Waals surface area contributed by atoms with Gasteiger partial charge in [0.25, 0.3) is 0 Å². The Morgan fingerprint density at radius 2 is 2.39 bits per heavy atom. The molecule has 0 aliphatic heterocycles. The minimum atomic E-state index is 0.333. The van der Waals surface area contributed by atoms with Crippen molar-refractivity contribution in [2.75, 3.05) is 25.6 Å². The molecule has 1 aromatic rings. The van der Waals surface area contributed by atoms with E-state index in [1.54, 1.807) is 13.3 Å². The van der Waals surface area contributed by atoms with Gasteiger partial charge < -0.3 is 15.8 Å². The Hall–Kier alpha value is -1.20. The van der Waals surface area contributed by atoms with E-state index in [1.807, 2.05) is 12.1 Å². The molecule has 18 heavy (non-hydrogen) atoms. The molecule has 98 valence electrons. The van der Waals surface area contributed by atoms with Gasteiger partial charge in [-0.05, 0) is 36.8 Å². The Kier molecular flexibility index (Phi) is 4.14. The van der Waals surface area contributed by atoms with Crippen LogP contribution in [0.3, 0.4) is 0 Å². The highest BCUT2D eigenvalue weighted by atomic mass is 32.1. The van der Waals surface area contributed by atoms with E-state index in [9.17, 15) is 0 Å². The average Bonchev–Trinajstić information content (AvgIpc) is 3.15. The van der Waals surface area contributed by atoms with Crippen LogP contribution in [0.1, 0.15) is 25.0 Å².